The summed E-state index contributed by atoms with van der Waals surface area (Å²) in [6.07, 6.45) is 2.55. The summed E-state index contributed by atoms with van der Waals surface area (Å²) >= 11 is 0. The van der Waals surface area contributed by atoms with Gasteiger partial charge >= 0.3 is 0 Å². The topological polar surface area (TPSA) is 72.2 Å². The predicted molar refractivity (Wildman–Crippen MR) is 56.9 cm³/mol. The molecule has 0 amide bonds. The molecule has 7 heteroatoms. The first-order chi connectivity index (χ1) is 8.08. The number of hydrogen-bond donors (Lipinski definition) is 1. The van der Waals surface area contributed by atoms with Gasteiger partial charge in [0.25, 0.3) is 0 Å². The van der Waals surface area contributed by atoms with E-state index < -0.39 is 15.8 Å². The third-order valence-electron chi connectivity index (χ3n) is 2.05. The molecule has 0 fully saturated rings. The van der Waals surface area contributed by atoms with E-state index in [-0.39, 0.29) is 11.4 Å². The maximum Gasteiger partial charge on any atom is 0.240 e. The Hall–Kier alpha value is -1.73. The quantitative estimate of drug-likeness (QED) is 0.894. The van der Waals surface area contributed by atoms with Crippen molar-refractivity contribution in [1.29, 1.82) is 0 Å². The summed E-state index contributed by atoms with van der Waals surface area (Å²) in [4.78, 5) is 3.78. The molecule has 0 spiro atoms. The molecule has 90 valence electrons. The normalized spacial score (nSPS) is 11.6. The maximum atomic E-state index is 12.6. The van der Waals surface area contributed by atoms with Crippen LogP contribution in [0.2, 0.25) is 0 Å². The van der Waals surface area contributed by atoms with Gasteiger partial charge in [-0.3, -0.25) is 0 Å². The van der Waals surface area contributed by atoms with E-state index in [2.05, 4.69) is 9.71 Å². The van der Waals surface area contributed by atoms with E-state index in [0.29, 0.717) is 5.69 Å². The van der Waals surface area contributed by atoms with Crippen molar-refractivity contribution >= 4 is 10.0 Å². The van der Waals surface area contributed by atoms with Crippen LogP contribution in [0, 0.1) is 5.82 Å². The summed E-state index contributed by atoms with van der Waals surface area (Å²) in [5, 5.41) is 0. The molecule has 0 aliphatic heterocycles. The fourth-order valence-electron chi connectivity index (χ4n) is 1.19. The van der Waals surface area contributed by atoms with Gasteiger partial charge in [0, 0.05) is 0 Å². The van der Waals surface area contributed by atoms with Crippen molar-refractivity contribution in [2.45, 2.75) is 11.4 Å². The molecular formula is C10H9FN2O3S. The molecule has 1 aromatic carbocycles. The number of nitrogens with zero attached hydrogens (tertiary/aromatic N) is 1. The van der Waals surface area contributed by atoms with E-state index in [1.54, 1.807) is 0 Å². The van der Waals surface area contributed by atoms with Gasteiger partial charge in [0.15, 0.2) is 6.39 Å². The van der Waals surface area contributed by atoms with Crippen molar-refractivity contribution in [3.05, 3.63) is 48.4 Å². The minimum absolute atomic E-state index is 0.00222. The fourth-order valence-corrected chi connectivity index (χ4v) is 2.19. The molecule has 1 heterocycles. The number of nitrogens with one attached hydrogen (secondary N) is 1. The molecule has 1 N–H and O–H groups in total. The Morgan fingerprint density at radius 1 is 1.29 bits per heavy atom. The van der Waals surface area contributed by atoms with Crippen molar-refractivity contribution in [1.82, 2.24) is 9.71 Å². The van der Waals surface area contributed by atoms with Crippen molar-refractivity contribution in [2.75, 3.05) is 0 Å². The minimum Gasteiger partial charge on any atom is -0.451 e. The Labute approximate surface area is 97.3 Å². The van der Waals surface area contributed by atoms with Crippen LogP contribution in [0.5, 0.6) is 0 Å². The average molecular weight is 256 g/mol. The van der Waals surface area contributed by atoms with Gasteiger partial charge in [0.05, 0.1) is 17.1 Å². The standard InChI is InChI=1S/C10H9FN2O3S/c11-8-1-3-10(4-2-8)17(14,15)13-5-9-6-16-7-12-9/h1-4,6-7,13H,5H2. The lowest BCUT2D eigenvalue weighted by Gasteiger charge is -2.04. The van der Waals surface area contributed by atoms with Crippen LogP contribution in [0.15, 0.2) is 46.2 Å². The number of hydrogen-bond acceptors (Lipinski definition) is 4. The van der Waals surface area contributed by atoms with Crippen molar-refractivity contribution in [3.8, 4) is 0 Å². The SMILES string of the molecule is O=S(=O)(NCc1cocn1)c1ccc(F)cc1. The van der Waals surface area contributed by atoms with Crippen molar-refractivity contribution < 1.29 is 17.2 Å². The van der Waals surface area contributed by atoms with Crippen LogP contribution < -0.4 is 4.72 Å². The van der Waals surface area contributed by atoms with Gasteiger partial charge in [-0.1, -0.05) is 0 Å². The Bertz CT molecular complexity index is 579. The highest BCUT2D eigenvalue weighted by molar-refractivity contribution is 7.89. The van der Waals surface area contributed by atoms with Crippen LogP contribution in [-0.4, -0.2) is 13.4 Å². The zero-order chi connectivity index (χ0) is 12.3. The smallest absolute Gasteiger partial charge is 0.240 e. The monoisotopic (exact) mass is 256 g/mol. The van der Waals surface area contributed by atoms with Gasteiger partial charge in [0.2, 0.25) is 10.0 Å². The van der Waals surface area contributed by atoms with Crippen LogP contribution in [-0.2, 0) is 16.6 Å². The van der Waals surface area contributed by atoms with Crippen LogP contribution in [0.25, 0.3) is 0 Å². The molecule has 0 saturated carbocycles. The number of sulfonamides is 1. The Morgan fingerprint density at radius 3 is 2.59 bits per heavy atom. The molecule has 0 aliphatic carbocycles. The molecule has 0 saturated heterocycles. The Morgan fingerprint density at radius 2 is 2.00 bits per heavy atom. The lowest BCUT2D eigenvalue weighted by molar-refractivity contribution is 0.555. The first-order valence-electron chi connectivity index (χ1n) is 4.70. The Balaban J connectivity index is 2.11. The van der Waals surface area contributed by atoms with E-state index >= 15 is 0 Å². The first-order valence-corrected chi connectivity index (χ1v) is 6.18. The highest BCUT2D eigenvalue weighted by Crippen LogP contribution is 2.10. The summed E-state index contributed by atoms with van der Waals surface area (Å²) in [5.41, 5.74) is 0.468. The van der Waals surface area contributed by atoms with Crippen molar-refractivity contribution in [2.24, 2.45) is 0 Å². The lowest BCUT2D eigenvalue weighted by Crippen LogP contribution is -2.23. The molecular weight excluding hydrogens is 247 g/mol. The Kier molecular flexibility index (Phi) is 3.21. The molecule has 2 rings (SSSR count). The number of benzene rings is 1. The van der Waals surface area contributed by atoms with E-state index in [1.165, 1.54) is 24.8 Å². The minimum atomic E-state index is -3.65. The second-order valence-corrected chi connectivity index (χ2v) is 5.03. The molecule has 0 atom stereocenters. The maximum absolute atomic E-state index is 12.6. The number of oxazole rings is 1. The van der Waals surface area contributed by atoms with E-state index in [4.69, 9.17) is 4.42 Å². The average Bonchev–Trinajstić information content (AvgIpc) is 2.80. The highest BCUT2D eigenvalue weighted by Gasteiger charge is 2.13. The molecule has 1 aromatic heterocycles. The number of halogens is 1. The molecule has 2 aromatic rings. The zero-order valence-corrected chi connectivity index (χ0v) is 9.45. The largest absolute Gasteiger partial charge is 0.451 e. The first kappa shape index (κ1) is 11.7. The third kappa shape index (κ3) is 2.89. The molecule has 17 heavy (non-hydrogen) atoms. The molecule has 0 unspecified atom stereocenters. The second kappa shape index (κ2) is 4.64. The lowest BCUT2D eigenvalue weighted by atomic mass is 10.4. The summed E-state index contributed by atoms with van der Waals surface area (Å²) < 4.78 is 43.2. The van der Waals surface area contributed by atoms with Crippen LogP contribution in [0.3, 0.4) is 0 Å². The van der Waals surface area contributed by atoms with Crippen LogP contribution in [0.4, 0.5) is 4.39 Å². The van der Waals surface area contributed by atoms with E-state index in [9.17, 15) is 12.8 Å². The van der Waals surface area contributed by atoms with Crippen LogP contribution >= 0.6 is 0 Å². The molecule has 0 bridgehead atoms. The second-order valence-electron chi connectivity index (χ2n) is 3.26. The van der Waals surface area contributed by atoms with E-state index in [0.717, 1.165) is 12.1 Å². The fraction of sp³-hybridized carbons (Fsp3) is 0.100. The summed E-state index contributed by atoms with van der Waals surface area (Å²) in [6, 6.07) is 4.57. The summed E-state index contributed by atoms with van der Waals surface area (Å²) in [6.45, 7) is 0.0240. The number of rotatable bonds is 4. The van der Waals surface area contributed by atoms with Gasteiger partial charge < -0.3 is 4.42 Å². The van der Waals surface area contributed by atoms with Gasteiger partial charge in [-0.05, 0) is 24.3 Å². The molecule has 0 radical (unpaired) electrons. The van der Waals surface area contributed by atoms with E-state index in [1.807, 2.05) is 0 Å². The molecule has 0 aliphatic rings. The predicted octanol–water partition coefficient (Wildman–Crippen LogP) is 1.29. The van der Waals surface area contributed by atoms with Crippen molar-refractivity contribution in [3.63, 3.8) is 0 Å². The number of aromatic nitrogens is 1. The van der Waals surface area contributed by atoms with Crippen LogP contribution in [0.1, 0.15) is 5.69 Å². The zero-order valence-electron chi connectivity index (χ0n) is 8.63. The van der Waals surface area contributed by atoms with Gasteiger partial charge in [-0.25, -0.2) is 22.5 Å². The van der Waals surface area contributed by atoms with Gasteiger partial charge in [-0.2, -0.15) is 0 Å². The van der Waals surface area contributed by atoms with Gasteiger partial charge in [-0.15, -0.1) is 0 Å². The summed E-state index contributed by atoms with van der Waals surface area (Å²) in [5.74, 6) is -0.486. The summed E-state index contributed by atoms with van der Waals surface area (Å²) in [7, 11) is -3.65. The van der Waals surface area contributed by atoms with Gasteiger partial charge in [0.1, 0.15) is 12.1 Å². The third-order valence-corrected chi connectivity index (χ3v) is 3.47. The molecule has 5 nitrogen and oxygen atoms in total. The highest BCUT2D eigenvalue weighted by atomic mass is 32.2.